The first-order valence-corrected chi connectivity index (χ1v) is 8.99. The maximum Gasteiger partial charge on any atom is 0.255 e. The number of amides is 2. The third-order valence-electron chi connectivity index (χ3n) is 4.08. The van der Waals surface area contributed by atoms with Crippen molar-refractivity contribution in [2.45, 2.75) is 13.0 Å². The Morgan fingerprint density at radius 3 is 2.32 bits per heavy atom. The topological polar surface area (TPSA) is 97.1 Å². The molecule has 4 N–H and O–H groups in total. The van der Waals surface area contributed by atoms with Crippen LogP contribution in [0.15, 0.2) is 67.0 Å². The summed E-state index contributed by atoms with van der Waals surface area (Å²) in [6.45, 7) is 1.81. The first-order valence-electron chi connectivity index (χ1n) is 8.62. The Bertz CT molecular complexity index is 1010. The molecule has 1 unspecified atom stereocenters. The number of pyridine rings is 1. The van der Waals surface area contributed by atoms with Gasteiger partial charge in [0, 0.05) is 46.0 Å². The molecule has 28 heavy (non-hydrogen) atoms. The normalized spacial score (nSPS) is 11.5. The van der Waals surface area contributed by atoms with E-state index >= 15 is 0 Å². The van der Waals surface area contributed by atoms with Crippen LogP contribution in [-0.2, 0) is 0 Å². The zero-order valence-electron chi connectivity index (χ0n) is 15.1. The van der Waals surface area contributed by atoms with Crippen LogP contribution in [0.1, 0.15) is 39.2 Å². The van der Waals surface area contributed by atoms with Gasteiger partial charge >= 0.3 is 0 Å². The summed E-state index contributed by atoms with van der Waals surface area (Å²) in [5.41, 5.74) is 8.64. The SMILES string of the molecule is CC(N)c1ccc(C(=O)Nc2ccncc2)cc1NC(=O)c1cccc(Cl)c1. The second-order valence-electron chi connectivity index (χ2n) is 6.25. The van der Waals surface area contributed by atoms with E-state index in [1.54, 1.807) is 73.9 Å². The largest absolute Gasteiger partial charge is 0.324 e. The fourth-order valence-corrected chi connectivity index (χ4v) is 2.86. The van der Waals surface area contributed by atoms with E-state index < -0.39 is 0 Å². The van der Waals surface area contributed by atoms with Gasteiger partial charge in [-0.25, -0.2) is 0 Å². The first kappa shape index (κ1) is 19.5. The van der Waals surface area contributed by atoms with Gasteiger partial charge in [0.05, 0.1) is 0 Å². The molecule has 2 amide bonds. The molecule has 7 heteroatoms. The number of nitrogens with zero attached hydrogens (tertiary/aromatic N) is 1. The lowest BCUT2D eigenvalue weighted by Crippen LogP contribution is -2.18. The average Bonchev–Trinajstić information content (AvgIpc) is 2.68. The molecular weight excluding hydrogens is 376 g/mol. The van der Waals surface area contributed by atoms with E-state index in [-0.39, 0.29) is 17.9 Å². The van der Waals surface area contributed by atoms with Crippen molar-refractivity contribution in [1.29, 1.82) is 0 Å². The minimum atomic E-state index is -0.337. The molecule has 3 rings (SSSR count). The van der Waals surface area contributed by atoms with Crippen molar-refractivity contribution in [1.82, 2.24) is 4.98 Å². The Labute approximate surface area is 167 Å². The lowest BCUT2D eigenvalue weighted by molar-refractivity contribution is 0.101. The van der Waals surface area contributed by atoms with Gasteiger partial charge in [-0.2, -0.15) is 0 Å². The molecule has 0 aliphatic carbocycles. The van der Waals surface area contributed by atoms with Gasteiger partial charge in [-0.3, -0.25) is 14.6 Å². The third kappa shape index (κ3) is 4.73. The standard InChI is InChI=1S/C21H19ClN4O2/c1-13(23)18-6-5-15(20(27)25-17-7-9-24-10-8-17)12-19(18)26-21(28)14-3-2-4-16(22)11-14/h2-13H,23H2,1H3,(H,26,28)(H,24,25,27). The second kappa shape index (κ2) is 8.65. The van der Waals surface area contributed by atoms with E-state index in [0.717, 1.165) is 5.56 Å². The molecule has 2 aromatic carbocycles. The Kier molecular flexibility index (Phi) is 6.03. The van der Waals surface area contributed by atoms with Crippen LogP contribution < -0.4 is 16.4 Å². The van der Waals surface area contributed by atoms with Gasteiger partial charge in [0.15, 0.2) is 0 Å². The molecule has 0 fully saturated rings. The number of rotatable bonds is 5. The van der Waals surface area contributed by atoms with E-state index in [2.05, 4.69) is 15.6 Å². The van der Waals surface area contributed by atoms with Crippen LogP contribution in [0.3, 0.4) is 0 Å². The number of anilines is 2. The summed E-state index contributed by atoms with van der Waals surface area (Å²) < 4.78 is 0. The molecule has 0 radical (unpaired) electrons. The molecule has 0 saturated heterocycles. The van der Waals surface area contributed by atoms with Crippen molar-refractivity contribution in [3.05, 3.63) is 88.7 Å². The predicted molar refractivity (Wildman–Crippen MR) is 111 cm³/mol. The van der Waals surface area contributed by atoms with E-state index in [0.29, 0.717) is 27.5 Å². The molecule has 0 aliphatic rings. The van der Waals surface area contributed by atoms with Crippen molar-refractivity contribution in [3.63, 3.8) is 0 Å². The molecule has 1 atom stereocenters. The number of hydrogen-bond donors (Lipinski definition) is 3. The van der Waals surface area contributed by atoms with Crippen molar-refractivity contribution in [2.75, 3.05) is 10.6 Å². The van der Waals surface area contributed by atoms with E-state index in [1.807, 2.05) is 0 Å². The smallest absolute Gasteiger partial charge is 0.255 e. The Morgan fingerprint density at radius 2 is 1.64 bits per heavy atom. The van der Waals surface area contributed by atoms with Gasteiger partial charge in [0.2, 0.25) is 0 Å². The average molecular weight is 395 g/mol. The Balaban J connectivity index is 1.87. The van der Waals surface area contributed by atoms with E-state index in [1.165, 1.54) is 0 Å². The number of hydrogen-bond acceptors (Lipinski definition) is 4. The molecule has 0 saturated carbocycles. The van der Waals surface area contributed by atoms with Crippen molar-refractivity contribution in [2.24, 2.45) is 5.73 Å². The maximum absolute atomic E-state index is 12.6. The monoisotopic (exact) mass is 394 g/mol. The summed E-state index contributed by atoms with van der Waals surface area (Å²) in [4.78, 5) is 29.1. The summed E-state index contributed by atoms with van der Waals surface area (Å²) in [7, 11) is 0. The van der Waals surface area contributed by atoms with Gasteiger partial charge in [0.25, 0.3) is 11.8 Å². The maximum atomic E-state index is 12.6. The summed E-state index contributed by atoms with van der Waals surface area (Å²) in [6.07, 6.45) is 3.18. The molecular formula is C21H19ClN4O2. The van der Waals surface area contributed by atoms with Crippen LogP contribution in [0.4, 0.5) is 11.4 Å². The quantitative estimate of drug-likeness (QED) is 0.602. The predicted octanol–water partition coefficient (Wildman–Crippen LogP) is 4.26. The highest BCUT2D eigenvalue weighted by Gasteiger charge is 2.15. The Hall–Kier alpha value is -3.22. The molecule has 3 aromatic rings. The van der Waals surface area contributed by atoms with Gasteiger partial charge in [-0.05, 0) is 55.0 Å². The lowest BCUT2D eigenvalue weighted by Gasteiger charge is -2.16. The minimum absolute atomic E-state index is 0.305. The fourth-order valence-electron chi connectivity index (χ4n) is 2.67. The van der Waals surface area contributed by atoms with Crippen LogP contribution in [0.2, 0.25) is 5.02 Å². The summed E-state index contributed by atoms with van der Waals surface area (Å²) in [5, 5.41) is 6.08. The molecule has 142 valence electrons. The molecule has 0 spiro atoms. The molecule has 6 nitrogen and oxygen atoms in total. The number of halogens is 1. The van der Waals surface area contributed by atoms with Crippen LogP contribution >= 0.6 is 11.6 Å². The number of nitrogens with one attached hydrogen (secondary N) is 2. The lowest BCUT2D eigenvalue weighted by atomic mass is 10.0. The summed E-state index contributed by atoms with van der Waals surface area (Å²) in [5.74, 6) is -0.642. The molecule has 0 aliphatic heterocycles. The number of nitrogens with two attached hydrogens (primary N) is 1. The van der Waals surface area contributed by atoms with Crippen molar-refractivity contribution in [3.8, 4) is 0 Å². The Morgan fingerprint density at radius 1 is 0.964 bits per heavy atom. The highest BCUT2D eigenvalue weighted by atomic mass is 35.5. The van der Waals surface area contributed by atoms with Gasteiger partial charge in [0.1, 0.15) is 0 Å². The summed E-state index contributed by atoms with van der Waals surface area (Å²) >= 11 is 5.96. The molecule has 1 aromatic heterocycles. The number of carbonyl (C=O) groups excluding carboxylic acids is 2. The minimum Gasteiger partial charge on any atom is -0.324 e. The first-order chi connectivity index (χ1) is 13.4. The van der Waals surface area contributed by atoms with E-state index in [9.17, 15) is 9.59 Å². The zero-order chi connectivity index (χ0) is 20.1. The van der Waals surface area contributed by atoms with Crippen molar-refractivity contribution >= 4 is 34.8 Å². The van der Waals surface area contributed by atoms with Gasteiger partial charge < -0.3 is 16.4 Å². The number of benzene rings is 2. The van der Waals surface area contributed by atoms with Gasteiger partial charge in [-0.1, -0.05) is 23.7 Å². The molecule has 0 bridgehead atoms. The second-order valence-corrected chi connectivity index (χ2v) is 6.68. The highest BCUT2D eigenvalue weighted by molar-refractivity contribution is 6.31. The number of carbonyl (C=O) groups is 2. The van der Waals surface area contributed by atoms with Gasteiger partial charge in [-0.15, -0.1) is 0 Å². The highest BCUT2D eigenvalue weighted by Crippen LogP contribution is 2.25. The fraction of sp³-hybridized carbons (Fsp3) is 0.0952. The molecule has 1 heterocycles. The van der Waals surface area contributed by atoms with Crippen LogP contribution in [-0.4, -0.2) is 16.8 Å². The van der Waals surface area contributed by atoms with Crippen molar-refractivity contribution < 1.29 is 9.59 Å². The van der Waals surface area contributed by atoms with E-state index in [4.69, 9.17) is 17.3 Å². The number of aromatic nitrogens is 1. The summed E-state index contributed by atoms with van der Waals surface area (Å²) in [6, 6.07) is 14.7. The third-order valence-corrected chi connectivity index (χ3v) is 4.31. The van der Waals surface area contributed by atoms with Crippen LogP contribution in [0, 0.1) is 0 Å². The van der Waals surface area contributed by atoms with Crippen LogP contribution in [0.25, 0.3) is 0 Å². The zero-order valence-corrected chi connectivity index (χ0v) is 15.9. The van der Waals surface area contributed by atoms with Crippen LogP contribution in [0.5, 0.6) is 0 Å².